The number of hydrogen-bond acceptors (Lipinski definition) is 3. The van der Waals surface area contributed by atoms with Crippen LogP contribution in [0.4, 0.5) is 0 Å². The van der Waals surface area contributed by atoms with E-state index in [2.05, 4.69) is 17.4 Å². The van der Waals surface area contributed by atoms with E-state index in [9.17, 15) is 4.79 Å². The summed E-state index contributed by atoms with van der Waals surface area (Å²) in [6, 6.07) is 17.7. The van der Waals surface area contributed by atoms with Gasteiger partial charge in [-0.05, 0) is 29.8 Å². The van der Waals surface area contributed by atoms with Crippen molar-refractivity contribution >= 4 is 17.7 Å². The molecule has 0 radical (unpaired) electrons. The summed E-state index contributed by atoms with van der Waals surface area (Å²) in [7, 11) is 0. The quantitative estimate of drug-likeness (QED) is 0.937. The van der Waals surface area contributed by atoms with Crippen LogP contribution in [0.15, 0.2) is 54.6 Å². The third-order valence-corrected chi connectivity index (χ3v) is 4.63. The molecule has 1 fully saturated rings. The topological polar surface area (TPSA) is 38.3 Å². The molecule has 1 unspecified atom stereocenters. The minimum Gasteiger partial charge on any atom is -0.457 e. The number of nitrogens with one attached hydrogen (secondary N) is 1. The molecule has 4 heteroatoms. The lowest BCUT2D eigenvalue weighted by Gasteiger charge is -2.13. The molecule has 1 aliphatic rings. The zero-order valence-corrected chi connectivity index (χ0v) is 12.4. The Morgan fingerprint density at radius 3 is 2.48 bits per heavy atom. The van der Waals surface area contributed by atoms with Crippen LogP contribution < -0.4 is 10.1 Å². The number of amides is 1. The molecule has 1 saturated heterocycles. The molecule has 0 aromatic heterocycles. The number of rotatable bonds is 3. The first-order valence-electron chi connectivity index (χ1n) is 7.02. The largest absolute Gasteiger partial charge is 0.457 e. The van der Waals surface area contributed by atoms with Gasteiger partial charge >= 0.3 is 0 Å². The van der Waals surface area contributed by atoms with Crippen LogP contribution in [0.25, 0.3) is 0 Å². The van der Waals surface area contributed by atoms with E-state index in [1.807, 2.05) is 54.2 Å². The SMILES string of the molecule is O=C1CC(c2ccc(Oc3ccccc3)cc2)SCCN1. The second-order valence-corrected chi connectivity index (χ2v) is 6.21. The normalized spacial score (nSPS) is 18.7. The Hall–Kier alpha value is -1.94. The lowest BCUT2D eigenvalue weighted by molar-refractivity contribution is -0.120. The van der Waals surface area contributed by atoms with Crippen molar-refractivity contribution in [3.8, 4) is 11.5 Å². The number of carbonyl (C=O) groups excluding carboxylic acids is 1. The van der Waals surface area contributed by atoms with Gasteiger partial charge in [0.05, 0.1) is 0 Å². The lowest BCUT2D eigenvalue weighted by atomic mass is 10.1. The highest BCUT2D eigenvalue weighted by Gasteiger charge is 2.19. The smallest absolute Gasteiger partial charge is 0.221 e. The van der Waals surface area contributed by atoms with Crippen molar-refractivity contribution < 1.29 is 9.53 Å². The number of ether oxygens (including phenoxy) is 1. The Morgan fingerprint density at radius 1 is 1.00 bits per heavy atom. The summed E-state index contributed by atoms with van der Waals surface area (Å²) in [6.45, 7) is 0.759. The van der Waals surface area contributed by atoms with Crippen molar-refractivity contribution in [1.82, 2.24) is 5.32 Å². The fourth-order valence-corrected chi connectivity index (χ4v) is 3.40. The first-order chi connectivity index (χ1) is 10.3. The highest BCUT2D eigenvalue weighted by atomic mass is 32.2. The third-order valence-electron chi connectivity index (χ3n) is 3.34. The van der Waals surface area contributed by atoms with E-state index >= 15 is 0 Å². The van der Waals surface area contributed by atoms with Gasteiger partial charge in [0, 0.05) is 24.0 Å². The van der Waals surface area contributed by atoms with Crippen LogP contribution in [-0.4, -0.2) is 18.2 Å². The summed E-state index contributed by atoms with van der Waals surface area (Å²) in [4.78, 5) is 11.6. The van der Waals surface area contributed by atoms with E-state index < -0.39 is 0 Å². The van der Waals surface area contributed by atoms with Crippen LogP contribution in [0.5, 0.6) is 11.5 Å². The van der Waals surface area contributed by atoms with Crippen molar-refractivity contribution in [1.29, 1.82) is 0 Å². The zero-order chi connectivity index (χ0) is 14.5. The van der Waals surface area contributed by atoms with Crippen molar-refractivity contribution in [3.05, 3.63) is 60.2 Å². The van der Waals surface area contributed by atoms with Gasteiger partial charge in [0.2, 0.25) is 5.91 Å². The Balaban J connectivity index is 1.70. The molecule has 108 valence electrons. The predicted molar refractivity (Wildman–Crippen MR) is 85.8 cm³/mol. The molecule has 0 bridgehead atoms. The van der Waals surface area contributed by atoms with E-state index in [4.69, 9.17) is 4.74 Å². The molecule has 1 amide bonds. The maximum absolute atomic E-state index is 11.6. The molecule has 0 aliphatic carbocycles. The standard InChI is InChI=1S/C17H17NO2S/c19-17-12-16(21-11-10-18-17)13-6-8-15(9-7-13)20-14-4-2-1-3-5-14/h1-9,16H,10-12H2,(H,18,19). The average Bonchev–Trinajstić information content (AvgIpc) is 2.74. The number of para-hydroxylation sites is 1. The average molecular weight is 299 g/mol. The summed E-state index contributed by atoms with van der Waals surface area (Å²) in [5, 5.41) is 3.14. The van der Waals surface area contributed by atoms with E-state index in [0.717, 1.165) is 23.8 Å². The first-order valence-corrected chi connectivity index (χ1v) is 8.07. The van der Waals surface area contributed by atoms with Gasteiger partial charge < -0.3 is 10.1 Å². The molecule has 1 aliphatic heterocycles. The minimum atomic E-state index is 0.134. The number of thioether (sulfide) groups is 1. The van der Waals surface area contributed by atoms with Gasteiger partial charge in [-0.2, -0.15) is 11.8 Å². The van der Waals surface area contributed by atoms with E-state index in [1.165, 1.54) is 5.56 Å². The van der Waals surface area contributed by atoms with E-state index in [-0.39, 0.29) is 11.2 Å². The van der Waals surface area contributed by atoms with E-state index in [0.29, 0.717) is 6.42 Å². The van der Waals surface area contributed by atoms with Crippen LogP contribution in [0, 0.1) is 0 Å². The van der Waals surface area contributed by atoms with Gasteiger partial charge in [-0.25, -0.2) is 0 Å². The van der Waals surface area contributed by atoms with Crippen LogP contribution in [0.1, 0.15) is 17.2 Å². The van der Waals surface area contributed by atoms with Crippen LogP contribution in [0.2, 0.25) is 0 Å². The fraction of sp³-hybridized carbons (Fsp3) is 0.235. The fourth-order valence-electron chi connectivity index (χ4n) is 2.28. The summed E-state index contributed by atoms with van der Waals surface area (Å²) >= 11 is 1.83. The maximum Gasteiger partial charge on any atom is 0.221 e. The molecule has 2 aromatic carbocycles. The second kappa shape index (κ2) is 6.68. The van der Waals surface area contributed by atoms with E-state index in [1.54, 1.807) is 0 Å². The molecule has 3 rings (SSSR count). The highest BCUT2D eigenvalue weighted by Crippen LogP contribution is 2.34. The van der Waals surface area contributed by atoms with Crippen LogP contribution in [-0.2, 0) is 4.79 Å². The summed E-state index contributed by atoms with van der Waals surface area (Å²) < 4.78 is 5.78. The lowest BCUT2D eigenvalue weighted by Crippen LogP contribution is -2.23. The molecule has 1 atom stereocenters. The van der Waals surface area contributed by atoms with Crippen molar-refractivity contribution in [2.75, 3.05) is 12.3 Å². The van der Waals surface area contributed by atoms with Crippen molar-refractivity contribution in [2.24, 2.45) is 0 Å². The van der Waals surface area contributed by atoms with Crippen molar-refractivity contribution in [3.63, 3.8) is 0 Å². The Bertz CT molecular complexity index is 598. The molecule has 1 N–H and O–H groups in total. The van der Waals surface area contributed by atoms with Crippen molar-refractivity contribution in [2.45, 2.75) is 11.7 Å². The van der Waals surface area contributed by atoms with Gasteiger partial charge in [-0.1, -0.05) is 30.3 Å². The third kappa shape index (κ3) is 3.79. The van der Waals surface area contributed by atoms with Gasteiger partial charge in [-0.15, -0.1) is 0 Å². The van der Waals surface area contributed by atoms with Crippen LogP contribution in [0.3, 0.4) is 0 Å². The Morgan fingerprint density at radius 2 is 1.71 bits per heavy atom. The summed E-state index contributed by atoms with van der Waals surface area (Å²) in [5.41, 5.74) is 1.18. The highest BCUT2D eigenvalue weighted by molar-refractivity contribution is 7.99. The van der Waals surface area contributed by atoms with Gasteiger partial charge in [0.1, 0.15) is 11.5 Å². The van der Waals surface area contributed by atoms with Gasteiger partial charge in [-0.3, -0.25) is 4.79 Å². The Kier molecular flexibility index (Phi) is 4.46. The molecule has 3 nitrogen and oxygen atoms in total. The molecular weight excluding hydrogens is 282 g/mol. The summed E-state index contributed by atoms with van der Waals surface area (Å²) in [6.07, 6.45) is 0.545. The second-order valence-electron chi connectivity index (χ2n) is 4.90. The number of benzene rings is 2. The van der Waals surface area contributed by atoms with Gasteiger partial charge in [0.25, 0.3) is 0 Å². The number of carbonyl (C=O) groups is 1. The molecule has 0 spiro atoms. The molecule has 2 aromatic rings. The predicted octanol–water partition coefficient (Wildman–Crippen LogP) is 3.77. The summed E-state index contributed by atoms with van der Waals surface area (Å²) in [5.74, 6) is 2.73. The minimum absolute atomic E-state index is 0.134. The monoisotopic (exact) mass is 299 g/mol. The number of hydrogen-bond donors (Lipinski definition) is 1. The molecule has 1 heterocycles. The van der Waals surface area contributed by atoms with Crippen LogP contribution >= 0.6 is 11.8 Å². The molecular formula is C17H17NO2S. The molecule has 0 saturated carbocycles. The molecule has 21 heavy (non-hydrogen) atoms. The van der Waals surface area contributed by atoms with Gasteiger partial charge in [0.15, 0.2) is 0 Å². The first kappa shape index (κ1) is 14.0. The maximum atomic E-state index is 11.6. The zero-order valence-electron chi connectivity index (χ0n) is 11.6. The Labute approximate surface area is 128 Å².